The summed E-state index contributed by atoms with van der Waals surface area (Å²) in [6.07, 6.45) is 1.70. The Morgan fingerprint density at radius 1 is 1.35 bits per heavy atom. The number of nitrogens with zero attached hydrogens (tertiary/aromatic N) is 1. The number of nitrogens with one attached hydrogen (secondary N) is 2. The summed E-state index contributed by atoms with van der Waals surface area (Å²) >= 11 is 1.32. The van der Waals surface area contributed by atoms with Gasteiger partial charge in [0.25, 0.3) is 5.56 Å². The maximum atomic E-state index is 13.5. The zero-order valence-corrected chi connectivity index (χ0v) is 11.6. The van der Waals surface area contributed by atoms with Crippen LogP contribution < -0.4 is 10.9 Å². The van der Waals surface area contributed by atoms with Gasteiger partial charge in [0, 0.05) is 11.4 Å². The van der Waals surface area contributed by atoms with Gasteiger partial charge in [-0.2, -0.15) is 0 Å². The van der Waals surface area contributed by atoms with Crippen LogP contribution in [0, 0.1) is 5.82 Å². The van der Waals surface area contributed by atoms with E-state index in [1.807, 2.05) is 0 Å². The van der Waals surface area contributed by atoms with Gasteiger partial charge in [0.05, 0.1) is 11.3 Å². The van der Waals surface area contributed by atoms with Crippen molar-refractivity contribution in [3.05, 3.63) is 51.8 Å². The Balaban J connectivity index is 1.80. The van der Waals surface area contributed by atoms with Gasteiger partial charge in [-0.1, -0.05) is 12.1 Å². The van der Waals surface area contributed by atoms with E-state index < -0.39 is 0 Å². The Bertz CT molecular complexity index is 686. The summed E-state index contributed by atoms with van der Waals surface area (Å²) in [4.78, 5) is 19.7. The molecular formula is C14H14FN3OS. The zero-order valence-electron chi connectivity index (χ0n) is 10.8. The summed E-state index contributed by atoms with van der Waals surface area (Å²) in [5.41, 5.74) is 0.627. The molecule has 1 aliphatic rings. The van der Waals surface area contributed by atoms with Gasteiger partial charge in [-0.3, -0.25) is 4.79 Å². The van der Waals surface area contributed by atoms with E-state index in [-0.39, 0.29) is 11.4 Å². The summed E-state index contributed by atoms with van der Waals surface area (Å²) in [5.74, 6) is 1.42. The molecule has 0 bridgehead atoms. The number of hydrogen-bond acceptors (Lipinski definition) is 4. The van der Waals surface area contributed by atoms with E-state index in [2.05, 4.69) is 15.3 Å². The fraction of sp³-hybridized carbons (Fsp3) is 0.286. The second kappa shape index (κ2) is 5.66. The second-order valence-corrected chi connectivity index (χ2v) is 5.61. The summed E-state index contributed by atoms with van der Waals surface area (Å²) in [6, 6.07) is 6.58. The number of aromatic nitrogens is 2. The number of H-pyrrole nitrogens is 1. The van der Waals surface area contributed by atoms with E-state index in [0.717, 1.165) is 24.9 Å². The summed E-state index contributed by atoms with van der Waals surface area (Å²) in [6.45, 7) is 0.837. The van der Waals surface area contributed by atoms with Gasteiger partial charge in [0.2, 0.25) is 0 Å². The molecule has 0 atom stereocenters. The van der Waals surface area contributed by atoms with Crippen molar-refractivity contribution in [1.82, 2.24) is 9.97 Å². The maximum absolute atomic E-state index is 13.5. The second-order valence-electron chi connectivity index (χ2n) is 4.59. The average Bonchev–Trinajstić information content (AvgIpc) is 2.46. The molecule has 1 aromatic carbocycles. The number of benzene rings is 1. The molecule has 0 spiro atoms. The normalized spacial score (nSPS) is 13.7. The molecule has 0 unspecified atom stereocenters. The lowest BCUT2D eigenvalue weighted by molar-refractivity contribution is 0.602. The van der Waals surface area contributed by atoms with Gasteiger partial charge in [0.15, 0.2) is 0 Å². The highest BCUT2D eigenvalue weighted by Crippen LogP contribution is 2.24. The zero-order chi connectivity index (χ0) is 13.9. The van der Waals surface area contributed by atoms with Crippen LogP contribution in [0.25, 0.3) is 0 Å². The summed E-state index contributed by atoms with van der Waals surface area (Å²) < 4.78 is 13.5. The smallest absolute Gasteiger partial charge is 0.256 e. The molecular weight excluding hydrogens is 277 g/mol. The molecule has 0 saturated carbocycles. The molecule has 0 fully saturated rings. The Morgan fingerprint density at radius 3 is 3.05 bits per heavy atom. The predicted octanol–water partition coefficient (Wildman–Crippen LogP) is 2.56. The number of anilines is 1. The average molecular weight is 291 g/mol. The van der Waals surface area contributed by atoms with Crippen molar-refractivity contribution in [2.24, 2.45) is 0 Å². The van der Waals surface area contributed by atoms with Crippen LogP contribution in [-0.4, -0.2) is 16.5 Å². The lowest BCUT2D eigenvalue weighted by atomic mass is 10.1. The van der Waals surface area contributed by atoms with E-state index in [1.54, 1.807) is 18.2 Å². The SMILES string of the molecule is O=c1[nH]c(CSc2ccccc2F)nc2c1CCCN2. The Kier molecular flexibility index (Phi) is 3.73. The molecule has 1 aromatic heterocycles. The van der Waals surface area contributed by atoms with Crippen molar-refractivity contribution in [3.63, 3.8) is 0 Å². The molecule has 1 aliphatic heterocycles. The molecule has 3 rings (SSSR count). The third-order valence-corrected chi connectivity index (χ3v) is 4.22. The molecule has 0 amide bonds. The van der Waals surface area contributed by atoms with Crippen LogP contribution in [0.1, 0.15) is 17.8 Å². The molecule has 0 saturated heterocycles. The van der Waals surface area contributed by atoms with Gasteiger partial charge in [-0.15, -0.1) is 11.8 Å². The van der Waals surface area contributed by atoms with E-state index in [9.17, 15) is 9.18 Å². The third-order valence-electron chi connectivity index (χ3n) is 3.16. The van der Waals surface area contributed by atoms with Crippen molar-refractivity contribution in [2.75, 3.05) is 11.9 Å². The van der Waals surface area contributed by atoms with Crippen molar-refractivity contribution in [2.45, 2.75) is 23.5 Å². The van der Waals surface area contributed by atoms with Gasteiger partial charge < -0.3 is 10.3 Å². The van der Waals surface area contributed by atoms with E-state index in [4.69, 9.17) is 0 Å². The topological polar surface area (TPSA) is 57.8 Å². The van der Waals surface area contributed by atoms with Crippen LogP contribution in [0.15, 0.2) is 34.0 Å². The van der Waals surface area contributed by atoms with Crippen molar-refractivity contribution in [3.8, 4) is 0 Å². The van der Waals surface area contributed by atoms with Crippen LogP contribution in [0.4, 0.5) is 10.2 Å². The number of rotatable bonds is 3. The number of halogens is 1. The molecule has 2 N–H and O–H groups in total. The van der Waals surface area contributed by atoms with Crippen LogP contribution in [0.3, 0.4) is 0 Å². The molecule has 6 heteroatoms. The fourth-order valence-corrected chi connectivity index (χ4v) is 2.98. The monoisotopic (exact) mass is 291 g/mol. The fourth-order valence-electron chi connectivity index (χ4n) is 2.17. The van der Waals surface area contributed by atoms with Crippen molar-refractivity contribution in [1.29, 1.82) is 0 Å². The number of hydrogen-bond donors (Lipinski definition) is 2. The predicted molar refractivity (Wildman–Crippen MR) is 77.6 cm³/mol. The molecule has 0 radical (unpaired) electrons. The Hall–Kier alpha value is -1.82. The van der Waals surface area contributed by atoms with E-state index in [1.165, 1.54) is 17.8 Å². The molecule has 4 nitrogen and oxygen atoms in total. The van der Waals surface area contributed by atoms with Crippen LogP contribution in [0.5, 0.6) is 0 Å². The van der Waals surface area contributed by atoms with Crippen LogP contribution in [-0.2, 0) is 12.2 Å². The van der Waals surface area contributed by atoms with Gasteiger partial charge in [0.1, 0.15) is 17.5 Å². The molecule has 2 aromatic rings. The lowest BCUT2D eigenvalue weighted by Gasteiger charge is -2.16. The minimum Gasteiger partial charge on any atom is -0.370 e. The molecule has 2 heterocycles. The quantitative estimate of drug-likeness (QED) is 0.853. The maximum Gasteiger partial charge on any atom is 0.256 e. The summed E-state index contributed by atoms with van der Waals surface area (Å²) in [5, 5.41) is 3.14. The first-order valence-corrected chi connectivity index (χ1v) is 7.46. The molecule has 0 aliphatic carbocycles. The summed E-state index contributed by atoms with van der Waals surface area (Å²) in [7, 11) is 0. The van der Waals surface area contributed by atoms with Crippen molar-refractivity contribution < 1.29 is 4.39 Å². The van der Waals surface area contributed by atoms with Gasteiger partial charge in [-0.25, -0.2) is 9.37 Å². The van der Waals surface area contributed by atoms with Crippen LogP contribution in [0.2, 0.25) is 0 Å². The van der Waals surface area contributed by atoms with E-state index >= 15 is 0 Å². The largest absolute Gasteiger partial charge is 0.370 e. The number of thioether (sulfide) groups is 1. The van der Waals surface area contributed by atoms with Crippen molar-refractivity contribution >= 4 is 17.6 Å². The first-order valence-electron chi connectivity index (χ1n) is 6.47. The lowest BCUT2D eigenvalue weighted by Crippen LogP contribution is -2.24. The third kappa shape index (κ3) is 2.70. The standard InChI is InChI=1S/C14H14FN3OS/c15-10-5-1-2-6-11(10)20-8-12-17-13-9(14(19)18-12)4-3-7-16-13/h1-2,5-6H,3-4,7-8H2,(H2,16,17,18,19). The first-order chi connectivity index (χ1) is 9.74. The molecule has 20 heavy (non-hydrogen) atoms. The van der Waals surface area contributed by atoms with Gasteiger partial charge in [-0.05, 0) is 25.0 Å². The highest BCUT2D eigenvalue weighted by molar-refractivity contribution is 7.98. The molecule has 104 valence electrons. The highest BCUT2D eigenvalue weighted by atomic mass is 32.2. The Morgan fingerprint density at radius 2 is 2.20 bits per heavy atom. The first kappa shape index (κ1) is 13.2. The number of fused-ring (bicyclic) bond motifs is 1. The van der Waals surface area contributed by atoms with E-state index in [0.29, 0.717) is 22.3 Å². The van der Waals surface area contributed by atoms with Gasteiger partial charge >= 0.3 is 0 Å². The minimum atomic E-state index is -0.254. The van der Waals surface area contributed by atoms with Crippen LogP contribution >= 0.6 is 11.8 Å². The minimum absolute atomic E-state index is 0.0914. The Labute approximate surface area is 119 Å². The highest BCUT2D eigenvalue weighted by Gasteiger charge is 2.15. The number of aromatic amines is 1.